The number of benzene rings is 3. The molecule has 0 heterocycles. The van der Waals surface area contributed by atoms with Gasteiger partial charge >= 0.3 is 48.2 Å². The highest BCUT2D eigenvalue weighted by molar-refractivity contribution is 5.80. The van der Waals surface area contributed by atoms with Crippen LogP contribution in [0.1, 0.15) is 238 Å². The van der Waals surface area contributed by atoms with Crippen molar-refractivity contribution in [3.05, 3.63) is 88.0 Å². The van der Waals surface area contributed by atoms with Crippen LogP contribution in [0.25, 0.3) is 0 Å². The molecule has 3 saturated carbocycles. The van der Waals surface area contributed by atoms with Crippen molar-refractivity contribution in [1.82, 2.24) is 0 Å². The molecule has 93 heavy (non-hydrogen) atoms. The second kappa shape index (κ2) is 37.5. The molecule has 17 nitrogen and oxygen atoms in total. The summed E-state index contributed by atoms with van der Waals surface area (Å²) >= 11 is 0. The highest BCUT2D eigenvalue weighted by atomic mass is 19.4. The molecule has 3 aromatic rings. The number of carboxylic acids is 2. The molecule has 0 bridgehead atoms. The number of hydrogen-bond acceptors (Lipinski definition) is 15. The number of esters is 4. The van der Waals surface area contributed by atoms with E-state index in [0.29, 0.717) is 41.4 Å². The molecule has 23 heteroatoms. The largest absolute Gasteiger partial charge is 0.490 e. The third kappa shape index (κ3) is 28.9. The van der Waals surface area contributed by atoms with Crippen LogP contribution >= 0.6 is 0 Å². The lowest BCUT2D eigenvalue weighted by Crippen LogP contribution is -2.37. The Morgan fingerprint density at radius 1 is 0.441 bits per heavy atom. The van der Waals surface area contributed by atoms with Gasteiger partial charge in [-0.2, -0.15) is 26.3 Å². The molecule has 3 aromatic carbocycles. The van der Waals surface area contributed by atoms with Crippen LogP contribution in [0.3, 0.4) is 0 Å². The lowest BCUT2D eigenvalue weighted by Gasteiger charge is -2.24. The number of alkyl halides is 6. The summed E-state index contributed by atoms with van der Waals surface area (Å²) in [4.78, 5) is 66.5. The highest BCUT2D eigenvalue weighted by Crippen LogP contribution is 2.49. The molecular weight excluding hydrogens is 1220 g/mol. The Hall–Kier alpha value is -6.62. The monoisotopic (exact) mass is 1330 g/mol. The molecule has 6 atom stereocenters. The van der Waals surface area contributed by atoms with Gasteiger partial charge in [0.25, 0.3) is 0 Å². The zero-order chi connectivity index (χ0) is 71.2. The Balaban J connectivity index is 0.000000432. The van der Waals surface area contributed by atoms with Gasteiger partial charge in [-0.15, -0.1) is 0 Å². The lowest BCUT2D eigenvalue weighted by molar-refractivity contribution is -0.193. The molecule has 3 fully saturated rings. The predicted molar refractivity (Wildman–Crippen MR) is 342 cm³/mol. The van der Waals surface area contributed by atoms with E-state index in [-0.39, 0.29) is 44.6 Å². The minimum Gasteiger partial charge on any atom is -0.475 e. The molecule has 0 radical (unpaired) electrons. The molecule has 6 N–H and O–H groups in total. The van der Waals surface area contributed by atoms with E-state index in [4.69, 9.17) is 64.4 Å². The first kappa shape index (κ1) is 82.5. The first-order valence-corrected chi connectivity index (χ1v) is 32.0. The van der Waals surface area contributed by atoms with Crippen LogP contribution in [-0.4, -0.2) is 96.4 Å². The number of para-hydroxylation sites is 3. The fourth-order valence-electron chi connectivity index (χ4n) is 9.65. The molecule has 3 aliphatic rings. The van der Waals surface area contributed by atoms with Crippen LogP contribution in [0, 0.1) is 41.4 Å². The minimum absolute atomic E-state index is 0.000313. The quantitative estimate of drug-likeness (QED) is 0.0252. The van der Waals surface area contributed by atoms with Crippen molar-refractivity contribution >= 4 is 35.8 Å². The van der Waals surface area contributed by atoms with Crippen molar-refractivity contribution in [2.75, 3.05) is 20.4 Å². The number of rotatable bonds is 26. The van der Waals surface area contributed by atoms with E-state index in [1.165, 1.54) is 55.2 Å². The lowest BCUT2D eigenvalue weighted by atomic mass is 9.90. The normalized spacial score (nSPS) is 15.9. The van der Waals surface area contributed by atoms with Gasteiger partial charge in [0.1, 0.15) is 34.9 Å². The Morgan fingerprint density at radius 3 is 0.892 bits per heavy atom. The molecule has 0 saturated heterocycles. The number of hydrogen-bond donors (Lipinski definition) is 4. The van der Waals surface area contributed by atoms with Crippen LogP contribution < -0.4 is 25.7 Å². The highest BCUT2D eigenvalue weighted by Gasteiger charge is 2.40. The Bertz CT molecular complexity index is 2730. The van der Waals surface area contributed by atoms with Gasteiger partial charge in [-0.1, -0.05) is 158 Å². The van der Waals surface area contributed by atoms with Gasteiger partial charge in [-0.05, 0) is 164 Å². The molecular formula is C70H104F6N2O15. The van der Waals surface area contributed by atoms with Crippen molar-refractivity contribution < 1.29 is 98.5 Å². The van der Waals surface area contributed by atoms with Crippen molar-refractivity contribution in [3.63, 3.8) is 0 Å². The summed E-state index contributed by atoms with van der Waals surface area (Å²) in [6, 6.07) is 17.7. The summed E-state index contributed by atoms with van der Waals surface area (Å²) in [5.41, 5.74) is 18.1. The Morgan fingerprint density at radius 2 is 0.688 bits per heavy atom. The average molecular weight is 1330 g/mol. The average Bonchev–Trinajstić information content (AvgIpc) is 1.71. The van der Waals surface area contributed by atoms with Crippen molar-refractivity contribution in [2.24, 2.45) is 52.9 Å². The van der Waals surface area contributed by atoms with Gasteiger partial charge < -0.3 is 54.8 Å². The van der Waals surface area contributed by atoms with Gasteiger partial charge in [-0.3, -0.25) is 19.2 Å². The van der Waals surface area contributed by atoms with Crippen molar-refractivity contribution in [3.8, 4) is 17.2 Å². The van der Waals surface area contributed by atoms with E-state index in [2.05, 4.69) is 117 Å². The molecule has 0 amide bonds. The molecule has 6 rings (SSSR count). The standard InChI is InChI=1S/C26H40O5.2C20H31NO3.2C2HF3O2/c1-16(2)20-10-9-11-21(18(5)19-12-13-19)24(20)29-15-30-25(28)22(17(3)4)14-23(27)31-26(6,7)8;2*1-12(2)16-7-6-8-17(14(5)15-9-10-15)19(16)23-11-24-20(22)18(21)13(3)4;2*3-2(4,5)1(6)7/h9-11,16-19,22H,12-15H2,1-8H3;2*6-8,12-15,18H,9-11,21H2,1-5H3;2*(H,6,7)/t18-,22+;2*14-,18+;;/m111../s1. The number of nitrogens with two attached hydrogens (primary N) is 2. The fourth-order valence-corrected chi connectivity index (χ4v) is 9.65. The van der Waals surface area contributed by atoms with Crippen molar-refractivity contribution in [1.29, 1.82) is 0 Å². The number of carbonyl (C=O) groups excluding carboxylic acids is 4. The molecule has 526 valence electrons. The summed E-state index contributed by atoms with van der Waals surface area (Å²) < 4.78 is 103. The zero-order valence-electron chi connectivity index (χ0n) is 57.6. The molecule has 3 aliphatic carbocycles. The van der Waals surface area contributed by atoms with E-state index in [9.17, 15) is 45.5 Å². The minimum atomic E-state index is -5.08. The third-order valence-electron chi connectivity index (χ3n) is 16.1. The van der Waals surface area contributed by atoms with E-state index < -0.39 is 71.8 Å². The maximum atomic E-state index is 12.7. The summed E-state index contributed by atoms with van der Waals surface area (Å²) in [5, 5.41) is 14.2. The van der Waals surface area contributed by atoms with Crippen LogP contribution in [0.2, 0.25) is 0 Å². The third-order valence-corrected chi connectivity index (χ3v) is 16.1. The summed E-state index contributed by atoms with van der Waals surface area (Å²) in [6.45, 7) is 36.1. The molecule has 0 spiro atoms. The molecule has 0 aromatic heterocycles. The number of halogens is 6. The maximum absolute atomic E-state index is 12.7. The van der Waals surface area contributed by atoms with Gasteiger partial charge in [0, 0.05) is 0 Å². The van der Waals surface area contributed by atoms with Crippen LogP contribution in [-0.2, 0) is 47.7 Å². The second-order valence-corrected chi connectivity index (χ2v) is 27.1. The van der Waals surface area contributed by atoms with Gasteiger partial charge in [0.15, 0.2) is 0 Å². The first-order valence-electron chi connectivity index (χ1n) is 32.0. The van der Waals surface area contributed by atoms with Crippen molar-refractivity contribution in [2.45, 2.75) is 235 Å². The summed E-state index contributed by atoms with van der Waals surface area (Å²) in [7, 11) is 0. The van der Waals surface area contributed by atoms with Gasteiger partial charge in [0.05, 0.1) is 12.3 Å². The smallest absolute Gasteiger partial charge is 0.475 e. The maximum Gasteiger partial charge on any atom is 0.490 e. The zero-order valence-corrected chi connectivity index (χ0v) is 57.6. The Labute approximate surface area is 546 Å². The molecule has 0 aliphatic heterocycles. The SMILES string of the molecule is CC(C)c1cccc([C@H](C)C2CC2)c1OCOC(=O)[C@@H](CC(=O)OC(C)(C)C)C(C)C.CC(C)c1cccc([C@H](C)C2CC2)c1OCOC(=O)[C@@H](N)C(C)C.CC(C)c1cccc([C@H](C)C2CC2)c1OCOC(=O)[C@@H](N)C(C)C.O=C(O)C(F)(F)F.O=C(O)C(F)(F)F. The van der Waals surface area contributed by atoms with E-state index in [1.807, 2.05) is 62.3 Å². The number of carboxylic acid groups (broad SMARTS) is 2. The van der Waals surface area contributed by atoms with Crippen LogP contribution in [0.5, 0.6) is 17.2 Å². The summed E-state index contributed by atoms with van der Waals surface area (Å²) in [5.74, 6) is -0.582. The first-order chi connectivity index (χ1) is 42.9. The Kier molecular flexibility index (Phi) is 33.2. The summed E-state index contributed by atoms with van der Waals surface area (Å²) in [6.07, 6.45) is -2.53. The second-order valence-electron chi connectivity index (χ2n) is 27.1. The number of carbonyl (C=O) groups is 6. The van der Waals surface area contributed by atoms with Crippen LogP contribution in [0.15, 0.2) is 54.6 Å². The molecule has 0 unspecified atom stereocenters. The number of ether oxygens (including phenoxy) is 7. The van der Waals surface area contributed by atoms with Gasteiger partial charge in [0.2, 0.25) is 20.4 Å². The predicted octanol–water partition coefficient (Wildman–Crippen LogP) is 15.8. The topological polar surface area (TPSA) is 260 Å². The van der Waals surface area contributed by atoms with Crippen LogP contribution in [0.4, 0.5) is 26.3 Å². The number of aliphatic carboxylic acids is 2. The fraction of sp³-hybridized carbons (Fsp3) is 0.657. The van der Waals surface area contributed by atoms with E-state index in [1.54, 1.807) is 0 Å². The van der Waals surface area contributed by atoms with Gasteiger partial charge in [-0.25, -0.2) is 9.59 Å². The van der Waals surface area contributed by atoms with E-state index >= 15 is 0 Å². The van der Waals surface area contributed by atoms with E-state index in [0.717, 1.165) is 45.8 Å².